The monoisotopic (exact) mass is 392 g/mol. The summed E-state index contributed by atoms with van der Waals surface area (Å²) in [6, 6.07) is 11.1. The molecule has 4 heterocycles. The van der Waals surface area contributed by atoms with Gasteiger partial charge in [-0.05, 0) is 59.0 Å². The van der Waals surface area contributed by atoms with E-state index in [2.05, 4.69) is 22.6 Å². The average Bonchev–Trinajstić information content (AvgIpc) is 3.27. The highest BCUT2D eigenvalue weighted by atomic mass is 127. The van der Waals surface area contributed by atoms with E-state index in [0.29, 0.717) is 23.0 Å². The summed E-state index contributed by atoms with van der Waals surface area (Å²) in [7, 11) is 0. The molecule has 0 atom stereocenters. The Morgan fingerprint density at radius 1 is 0.667 bits per heavy atom. The molecule has 5 heteroatoms. The summed E-state index contributed by atoms with van der Waals surface area (Å²) in [5.74, 6) is 3.35. The summed E-state index contributed by atoms with van der Waals surface area (Å²) in [5, 5.41) is 0. The summed E-state index contributed by atoms with van der Waals surface area (Å²) in [4.78, 5) is 0. The lowest BCUT2D eigenvalue weighted by Crippen LogP contribution is -1.79. The molecule has 0 fully saturated rings. The summed E-state index contributed by atoms with van der Waals surface area (Å²) in [6.07, 6.45) is 4.87. The zero-order valence-corrected chi connectivity index (χ0v) is 12.9. The van der Waals surface area contributed by atoms with Crippen LogP contribution in [0.5, 0.6) is 0 Å². The number of rotatable bonds is 3. The molecule has 0 aliphatic carbocycles. The van der Waals surface area contributed by atoms with Gasteiger partial charge in [0.2, 0.25) is 0 Å². The Bertz CT molecular complexity index is 837. The van der Waals surface area contributed by atoms with Crippen molar-refractivity contribution in [1.82, 2.24) is 0 Å². The molecule has 4 aromatic rings. The molecule has 0 aliphatic rings. The molecule has 0 spiro atoms. The first-order valence-corrected chi connectivity index (χ1v) is 7.36. The van der Waals surface area contributed by atoms with Crippen LogP contribution in [0.1, 0.15) is 0 Å². The molecule has 4 rings (SSSR count). The van der Waals surface area contributed by atoms with Crippen molar-refractivity contribution in [3.05, 3.63) is 58.8 Å². The Balaban J connectivity index is 1.99. The second-order valence-corrected chi connectivity index (χ2v) is 5.46. The largest absolute Gasteiger partial charge is 0.464 e. The molecule has 0 bridgehead atoms. The molecule has 21 heavy (non-hydrogen) atoms. The maximum Gasteiger partial charge on any atom is 0.184 e. The van der Waals surface area contributed by atoms with E-state index in [4.69, 9.17) is 17.7 Å². The lowest BCUT2D eigenvalue weighted by Gasteiger charge is -1.96. The van der Waals surface area contributed by atoms with Crippen molar-refractivity contribution in [1.29, 1.82) is 0 Å². The molecule has 0 radical (unpaired) electrons. The third-order valence-corrected chi connectivity index (χ3v) is 4.14. The fourth-order valence-corrected chi connectivity index (χ4v) is 3.09. The van der Waals surface area contributed by atoms with E-state index >= 15 is 0 Å². The molecule has 0 saturated carbocycles. The molecule has 4 nitrogen and oxygen atoms in total. The molecule has 0 N–H and O–H groups in total. The highest BCUT2D eigenvalue weighted by Gasteiger charge is 2.26. The minimum Gasteiger partial charge on any atom is -0.464 e. The third kappa shape index (κ3) is 2.04. The first kappa shape index (κ1) is 12.6. The first-order chi connectivity index (χ1) is 10.3. The minimum atomic E-state index is 0.630. The van der Waals surface area contributed by atoms with Crippen molar-refractivity contribution in [3.8, 4) is 34.4 Å². The highest BCUT2D eigenvalue weighted by molar-refractivity contribution is 14.1. The van der Waals surface area contributed by atoms with Gasteiger partial charge in [0, 0.05) is 0 Å². The quantitative estimate of drug-likeness (QED) is 0.422. The van der Waals surface area contributed by atoms with E-state index in [9.17, 15) is 0 Å². The van der Waals surface area contributed by atoms with Gasteiger partial charge >= 0.3 is 0 Å². The van der Waals surface area contributed by atoms with Crippen LogP contribution < -0.4 is 0 Å². The molecular formula is C16H9IO4. The third-order valence-electron chi connectivity index (χ3n) is 3.11. The molecule has 0 unspecified atom stereocenters. The van der Waals surface area contributed by atoms with Gasteiger partial charge in [-0.3, -0.25) is 0 Å². The van der Waals surface area contributed by atoms with Crippen molar-refractivity contribution in [2.45, 2.75) is 0 Å². The summed E-state index contributed by atoms with van der Waals surface area (Å²) in [6.45, 7) is 0. The average molecular weight is 392 g/mol. The van der Waals surface area contributed by atoms with E-state index in [0.717, 1.165) is 14.9 Å². The van der Waals surface area contributed by atoms with Crippen LogP contribution in [0.15, 0.2) is 72.9 Å². The molecule has 104 valence electrons. The fraction of sp³-hybridized carbons (Fsp3) is 0. The maximum absolute atomic E-state index is 6.00. The zero-order valence-electron chi connectivity index (χ0n) is 10.7. The Labute approximate surface area is 133 Å². The van der Waals surface area contributed by atoms with Gasteiger partial charge in [0.1, 0.15) is 5.76 Å². The van der Waals surface area contributed by atoms with E-state index in [-0.39, 0.29) is 0 Å². The molecule has 4 aromatic heterocycles. The topological polar surface area (TPSA) is 52.6 Å². The summed E-state index contributed by atoms with van der Waals surface area (Å²) < 4.78 is 23.4. The lowest BCUT2D eigenvalue weighted by molar-refractivity contribution is 0.507. The van der Waals surface area contributed by atoms with Gasteiger partial charge in [0.05, 0.1) is 27.9 Å². The number of furan rings is 4. The maximum atomic E-state index is 6.00. The molecule has 0 aromatic carbocycles. The first-order valence-electron chi connectivity index (χ1n) is 6.28. The second-order valence-electron chi connectivity index (χ2n) is 4.38. The van der Waals surface area contributed by atoms with Crippen LogP contribution in [0.2, 0.25) is 0 Å². The van der Waals surface area contributed by atoms with Crippen LogP contribution in [-0.2, 0) is 0 Å². The molecule has 0 saturated heterocycles. The van der Waals surface area contributed by atoms with E-state index in [1.54, 1.807) is 18.8 Å². The summed E-state index contributed by atoms with van der Waals surface area (Å²) >= 11 is 2.23. The second kappa shape index (κ2) is 5.00. The predicted molar refractivity (Wildman–Crippen MR) is 84.5 cm³/mol. The Morgan fingerprint density at radius 3 is 1.71 bits per heavy atom. The van der Waals surface area contributed by atoms with Gasteiger partial charge in [-0.2, -0.15) is 0 Å². The van der Waals surface area contributed by atoms with Crippen molar-refractivity contribution in [2.24, 2.45) is 0 Å². The smallest absolute Gasteiger partial charge is 0.184 e. The van der Waals surface area contributed by atoms with E-state index in [1.165, 1.54) is 0 Å². The lowest BCUT2D eigenvalue weighted by atomic mass is 10.1. The van der Waals surface area contributed by atoms with Gasteiger partial charge in [-0.15, -0.1) is 0 Å². The van der Waals surface area contributed by atoms with Gasteiger partial charge in [-0.25, -0.2) is 0 Å². The van der Waals surface area contributed by atoms with E-state index < -0.39 is 0 Å². The van der Waals surface area contributed by atoms with Crippen molar-refractivity contribution in [3.63, 3.8) is 0 Å². The van der Waals surface area contributed by atoms with Crippen molar-refractivity contribution in [2.75, 3.05) is 0 Å². The van der Waals surface area contributed by atoms with Crippen LogP contribution >= 0.6 is 22.6 Å². The van der Waals surface area contributed by atoms with Crippen LogP contribution in [0.25, 0.3) is 34.4 Å². The van der Waals surface area contributed by atoms with Crippen molar-refractivity contribution < 1.29 is 17.7 Å². The Kier molecular flexibility index (Phi) is 2.99. The Morgan fingerprint density at radius 2 is 1.19 bits per heavy atom. The SMILES string of the molecule is Ic1c(-c2ccco2)oc(-c2ccco2)c1-c1ccco1. The van der Waals surface area contributed by atoms with Crippen LogP contribution in [0, 0.1) is 3.57 Å². The number of halogens is 1. The standard InChI is InChI=1S/C16H9IO4/c17-14-13(10-4-1-7-18-10)15(11-5-2-8-19-11)21-16(14)12-6-3-9-20-12/h1-9H. The fourth-order valence-electron chi connectivity index (χ4n) is 2.20. The van der Waals surface area contributed by atoms with Crippen LogP contribution in [-0.4, -0.2) is 0 Å². The molecule has 0 amide bonds. The normalized spacial score (nSPS) is 11.1. The number of hydrogen-bond donors (Lipinski definition) is 0. The van der Waals surface area contributed by atoms with E-state index in [1.807, 2.05) is 36.4 Å². The zero-order chi connectivity index (χ0) is 14.2. The molecule has 0 aliphatic heterocycles. The van der Waals surface area contributed by atoms with Gasteiger partial charge < -0.3 is 17.7 Å². The Hall–Kier alpha value is -2.15. The van der Waals surface area contributed by atoms with Gasteiger partial charge in [0.15, 0.2) is 23.0 Å². The van der Waals surface area contributed by atoms with Gasteiger partial charge in [-0.1, -0.05) is 0 Å². The minimum absolute atomic E-state index is 0.630. The number of hydrogen-bond acceptors (Lipinski definition) is 4. The highest BCUT2D eigenvalue weighted by Crippen LogP contribution is 2.43. The predicted octanol–water partition coefficient (Wildman–Crippen LogP) is 5.66. The van der Waals surface area contributed by atoms with Crippen LogP contribution in [0.3, 0.4) is 0 Å². The van der Waals surface area contributed by atoms with Crippen LogP contribution in [0.4, 0.5) is 0 Å². The summed E-state index contributed by atoms with van der Waals surface area (Å²) in [5.41, 5.74) is 0.863. The van der Waals surface area contributed by atoms with Gasteiger partial charge in [0.25, 0.3) is 0 Å². The van der Waals surface area contributed by atoms with Crippen molar-refractivity contribution >= 4 is 22.6 Å². The molecular weight excluding hydrogens is 383 g/mol.